The van der Waals surface area contributed by atoms with E-state index in [4.69, 9.17) is 33.2 Å². The van der Waals surface area contributed by atoms with Gasteiger partial charge in [-0.3, -0.25) is 9.97 Å². The number of methoxy groups -OCH3 is 7. The summed E-state index contributed by atoms with van der Waals surface area (Å²) < 4.78 is 46.4. The predicted molar refractivity (Wildman–Crippen MR) is 278 cm³/mol. The lowest BCUT2D eigenvalue weighted by Gasteiger charge is -1.97. The van der Waals surface area contributed by atoms with Gasteiger partial charge in [0.05, 0.1) is 56.0 Å². The van der Waals surface area contributed by atoms with Gasteiger partial charge in [0.25, 0.3) is 0 Å². The highest BCUT2D eigenvalue weighted by molar-refractivity contribution is 5.27. The lowest BCUT2D eigenvalue weighted by atomic mass is 10.2. The number of hydrogen-bond donors (Lipinski definition) is 0. The molecule has 6 heterocycles. The summed E-state index contributed by atoms with van der Waals surface area (Å²) in [6.07, 6.45) is 10.1. The van der Waals surface area contributed by atoms with Crippen LogP contribution in [0.3, 0.4) is 0 Å². The zero-order chi connectivity index (χ0) is 52.8. The molecule has 0 radical (unpaired) electrons. The van der Waals surface area contributed by atoms with Gasteiger partial charge in [-0.25, -0.2) is 29.3 Å². The van der Waals surface area contributed by atoms with Crippen LogP contribution in [0.1, 0.15) is 45.2 Å². The van der Waals surface area contributed by atoms with Gasteiger partial charge in [-0.05, 0) is 121 Å². The normalized spacial score (nSPS) is 9.13. The van der Waals surface area contributed by atoms with Crippen LogP contribution in [-0.4, -0.2) is 89.6 Å². The Morgan fingerprint density at radius 3 is 1.34 bits per heavy atom. The molecule has 0 amide bonds. The van der Waals surface area contributed by atoms with E-state index in [2.05, 4.69) is 39.9 Å². The van der Waals surface area contributed by atoms with Crippen LogP contribution in [0.4, 0.5) is 4.39 Å². The van der Waals surface area contributed by atoms with Crippen molar-refractivity contribution in [2.75, 3.05) is 49.8 Å². The van der Waals surface area contributed by atoms with E-state index in [0.29, 0.717) is 23.5 Å². The average molecular weight is 973 g/mol. The summed E-state index contributed by atoms with van der Waals surface area (Å²) in [7, 11) is 11.4. The molecule has 0 aliphatic rings. The van der Waals surface area contributed by atoms with Crippen LogP contribution in [0.25, 0.3) is 0 Å². The Labute approximate surface area is 419 Å². The van der Waals surface area contributed by atoms with Crippen LogP contribution >= 0.6 is 0 Å². The third-order valence-corrected chi connectivity index (χ3v) is 8.54. The molecule has 0 unspecified atom stereocenters. The number of halogens is 1. The zero-order valence-corrected chi connectivity index (χ0v) is 43.7. The van der Waals surface area contributed by atoms with Crippen LogP contribution in [0, 0.1) is 61.2 Å². The van der Waals surface area contributed by atoms with E-state index in [1.165, 1.54) is 29.6 Å². The first-order valence-corrected chi connectivity index (χ1v) is 21.9. The summed E-state index contributed by atoms with van der Waals surface area (Å²) in [5, 5.41) is 0. The van der Waals surface area contributed by atoms with Gasteiger partial charge in [0.15, 0.2) is 0 Å². The number of aryl methyl sites for hydroxylation is 8. The first-order valence-electron chi connectivity index (χ1n) is 21.9. The van der Waals surface area contributed by atoms with E-state index in [9.17, 15) is 4.39 Å². The number of rotatable bonds is 7. The van der Waals surface area contributed by atoms with Crippen LogP contribution in [0.15, 0.2) is 147 Å². The number of pyridine rings is 4. The second-order valence-electron chi connectivity index (χ2n) is 14.6. The molecular formula is C55H69FN8O7. The second kappa shape index (κ2) is 36.7. The number of nitrogens with zero attached hydrogens (tertiary/aromatic N) is 8. The number of ether oxygens (including phenoxy) is 7. The fourth-order valence-corrected chi connectivity index (χ4v) is 4.90. The van der Waals surface area contributed by atoms with E-state index in [0.717, 1.165) is 51.3 Å². The monoisotopic (exact) mass is 973 g/mol. The molecule has 0 spiro atoms. The Kier molecular flexibility index (Phi) is 31.4. The van der Waals surface area contributed by atoms with Gasteiger partial charge in [0.1, 0.15) is 35.2 Å². The molecule has 0 saturated heterocycles. The molecule has 16 heteroatoms. The highest BCUT2D eigenvalue weighted by Crippen LogP contribution is 2.12. The molecule has 0 aliphatic heterocycles. The molecule has 2 aromatic carbocycles. The van der Waals surface area contributed by atoms with Crippen molar-refractivity contribution in [1.29, 1.82) is 0 Å². The van der Waals surface area contributed by atoms with Crippen LogP contribution < -0.4 is 33.2 Å². The minimum Gasteiger partial charge on any atom is -0.497 e. The smallest absolute Gasteiger partial charge is 0.216 e. The Balaban J connectivity index is 0.000000406. The minimum absolute atomic E-state index is 0.171. The largest absolute Gasteiger partial charge is 0.497 e. The van der Waals surface area contributed by atoms with Crippen LogP contribution in [-0.2, 0) is 0 Å². The van der Waals surface area contributed by atoms with Gasteiger partial charge in [-0.15, -0.1) is 0 Å². The second-order valence-corrected chi connectivity index (χ2v) is 14.6. The lowest BCUT2D eigenvalue weighted by Crippen LogP contribution is -1.90. The molecule has 0 aliphatic carbocycles. The SMILES string of the molecule is COc1cc(C)ccn1.COc1cc(C)ncn1.COc1cccc(C)c1.COc1cccc(C)n1.COc1ccnc(C)c1.COc1ccnc(C)n1.COc1cncc(C)c1.Cc1ccc(F)cc1. The quantitative estimate of drug-likeness (QED) is 0.148. The Hall–Kier alpha value is -8.27. The number of aromatic nitrogens is 8. The average Bonchev–Trinajstić information content (AvgIpc) is 3.38. The van der Waals surface area contributed by atoms with E-state index < -0.39 is 0 Å². The third-order valence-electron chi connectivity index (χ3n) is 8.54. The summed E-state index contributed by atoms with van der Waals surface area (Å²) >= 11 is 0. The summed E-state index contributed by atoms with van der Waals surface area (Å²) in [6, 6.07) is 33.0. The molecule has 8 aromatic rings. The summed E-state index contributed by atoms with van der Waals surface area (Å²) in [5.41, 5.74) is 7.49. The molecule has 6 aromatic heterocycles. The molecule has 378 valence electrons. The van der Waals surface area contributed by atoms with Crippen LogP contribution in [0.5, 0.6) is 40.8 Å². The molecule has 0 atom stereocenters. The van der Waals surface area contributed by atoms with Crippen molar-refractivity contribution in [3.05, 3.63) is 197 Å². The van der Waals surface area contributed by atoms with Crippen LogP contribution in [0.2, 0.25) is 0 Å². The summed E-state index contributed by atoms with van der Waals surface area (Å²) in [6.45, 7) is 15.5. The maximum atomic E-state index is 12.1. The van der Waals surface area contributed by atoms with Gasteiger partial charge >= 0.3 is 0 Å². The first kappa shape index (κ1) is 60.7. The fraction of sp³-hybridized carbons (Fsp3) is 0.273. The van der Waals surface area contributed by atoms with E-state index in [1.807, 2.05) is 128 Å². The standard InChI is InChI=1S/C8H10O.C7H7F.4C7H9NO.2C6H8N2O/c1-7-4-3-5-8(6-7)9-2;1-6-2-4-7(8)5-3-6;1-6-3-7(9-2)5-8-4-6;1-6-5-7(9-2)3-4-8-6;1-6-3-4-8-7(5-6)9-2;1-6-4-3-5-7(8-6)9-2;1-5-3-6(9-2)8-4-7-5;1-5-7-4-3-6(8-5)9-2/h3-6H,1-2H3;2-5H,1H3;4*3-5H,1-2H3;2*3-4H,1-2H3. The molecule has 8 rings (SSSR count). The van der Waals surface area contributed by atoms with E-state index in [1.54, 1.807) is 105 Å². The zero-order valence-electron chi connectivity index (χ0n) is 43.7. The van der Waals surface area contributed by atoms with Gasteiger partial charge in [-0.2, -0.15) is 4.98 Å². The molecule has 0 saturated carbocycles. The molecular weight excluding hydrogens is 904 g/mol. The van der Waals surface area contributed by atoms with Crippen molar-refractivity contribution in [2.45, 2.75) is 55.4 Å². The minimum atomic E-state index is -0.171. The third kappa shape index (κ3) is 30.0. The van der Waals surface area contributed by atoms with Gasteiger partial charge < -0.3 is 33.2 Å². The lowest BCUT2D eigenvalue weighted by molar-refractivity contribution is 0.395. The van der Waals surface area contributed by atoms with E-state index in [-0.39, 0.29) is 5.82 Å². The van der Waals surface area contributed by atoms with Gasteiger partial charge in [-0.1, -0.05) is 35.9 Å². The first-order chi connectivity index (χ1) is 34.1. The van der Waals surface area contributed by atoms with Gasteiger partial charge in [0.2, 0.25) is 23.5 Å². The van der Waals surface area contributed by atoms with Crippen molar-refractivity contribution in [2.24, 2.45) is 0 Å². The van der Waals surface area contributed by atoms with Crippen molar-refractivity contribution in [3.63, 3.8) is 0 Å². The maximum Gasteiger partial charge on any atom is 0.216 e. The highest BCUT2D eigenvalue weighted by Gasteiger charge is 1.93. The molecule has 71 heavy (non-hydrogen) atoms. The Morgan fingerprint density at radius 2 is 0.901 bits per heavy atom. The topological polar surface area (TPSA) is 168 Å². The maximum absolute atomic E-state index is 12.1. The van der Waals surface area contributed by atoms with Gasteiger partial charge in [0, 0.05) is 72.2 Å². The van der Waals surface area contributed by atoms with Crippen molar-refractivity contribution < 1.29 is 37.5 Å². The van der Waals surface area contributed by atoms with Crippen molar-refractivity contribution in [3.8, 4) is 40.8 Å². The van der Waals surface area contributed by atoms with E-state index >= 15 is 0 Å². The fourth-order valence-electron chi connectivity index (χ4n) is 4.90. The van der Waals surface area contributed by atoms with Crippen molar-refractivity contribution >= 4 is 0 Å². The Bertz CT molecular complexity index is 2180. The molecule has 0 fully saturated rings. The number of benzene rings is 2. The highest BCUT2D eigenvalue weighted by atomic mass is 19.1. The number of hydrogen-bond acceptors (Lipinski definition) is 15. The summed E-state index contributed by atoms with van der Waals surface area (Å²) in [5.74, 6) is 5.74. The molecule has 0 bridgehead atoms. The molecule has 15 nitrogen and oxygen atoms in total. The molecule has 0 N–H and O–H groups in total. The van der Waals surface area contributed by atoms with Crippen molar-refractivity contribution in [1.82, 2.24) is 39.9 Å². The Morgan fingerprint density at radius 1 is 0.352 bits per heavy atom. The summed E-state index contributed by atoms with van der Waals surface area (Å²) in [4.78, 5) is 31.5. The predicted octanol–water partition coefficient (Wildman–Crippen LogP) is 11.3.